The maximum absolute atomic E-state index is 13.7. The first-order valence-corrected chi connectivity index (χ1v) is 17.6. The number of carbonyl (C=O) groups is 2. The van der Waals surface area contributed by atoms with Gasteiger partial charge in [0, 0.05) is 24.6 Å². The van der Waals surface area contributed by atoms with Gasteiger partial charge in [-0.15, -0.1) is 0 Å². The van der Waals surface area contributed by atoms with Gasteiger partial charge in [-0.3, -0.25) is 10.1 Å². The van der Waals surface area contributed by atoms with E-state index in [-0.39, 0.29) is 29.8 Å². The maximum atomic E-state index is 13.7. The van der Waals surface area contributed by atoms with Crippen molar-refractivity contribution in [1.82, 2.24) is 9.97 Å². The minimum absolute atomic E-state index is 0.0157. The van der Waals surface area contributed by atoms with E-state index in [0.29, 0.717) is 55.1 Å². The van der Waals surface area contributed by atoms with E-state index in [9.17, 15) is 19.1 Å². The Balaban J connectivity index is 0.000000306. The Bertz CT molecular complexity index is 1880. The van der Waals surface area contributed by atoms with Crippen LogP contribution in [0.25, 0.3) is 11.3 Å². The van der Waals surface area contributed by atoms with Crippen LogP contribution in [-0.2, 0) is 10.3 Å². The number of aliphatic hydroxyl groups is 1. The topological polar surface area (TPSA) is 132 Å². The number of methoxy groups -OCH3 is 1. The van der Waals surface area contributed by atoms with Gasteiger partial charge in [-0.1, -0.05) is 23.2 Å². The van der Waals surface area contributed by atoms with Crippen LogP contribution >= 0.6 is 39.1 Å². The zero-order valence-electron chi connectivity index (χ0n) is 29.1. The van der Waals surface area contributed by atoms with E-state index in [4.69, 9.17) is 37.4 Å². The van der Waals surface area contributed by atoms with Crippen molar-refractivity contribution in [3.8, 4) is 22.8 Å². The van der Waals surface area contributed by atoms with Crippen molar-refractivity contribution >= 4 is 62.4 Å². The molecule has 2 heterocycles. The van der Waals surface area contributed by atoms with Crippen molar-refractivity contribution in [3.05, 3.63) is 92.5 Å². The second-order valence-electron chi connectivity index (χ2n) is 13.0. The molecule has 0 radical (unpaired) electrons. The van der Waals surface area contributed by atoms with E-state index in [1.54, 1.807) is 90.4 Å². The van der Waals surface area contributed by atoms with Crippen LogP contribution in [0.15, 0.2) is 65.3 Å². The highest BCUT2D eigenvalue weighted by molar-refractivity contribution is 9.10. The Morgan fingerprint density at radius 2 is 1.69 bits per heavy atom. The molecule has 51 heavy (non-hydrogen) atoms. The lowest BCUT2D eigenvalue weighted by Gasteiger charge is -2.24. The summed E-state index contributed by atoms with van der Waals surface area (Å²) in [5.74, 6) is 0.494. The zero-order valence-corrected chi connectivity index (χ0v) is 32.2. The largest absolute Gasteiger partial charge is 0.493 e. The summed E-state index contributed by atoms with van der Waals surface area (Å²) in [5, 5.41) is 17.2. The second kappa shape index (κ2) is 17.0. The molecule has 0 aliphatic heterocycles. The number of rotatable bonds is 11. The van der Waals surface area contributed by atoms with Crippen molar-refractivity contribution in [3.63, 3.8) is 0 Å². The number of hydrogen-bond donors (Lipinski definition) is 3. The van der Waals surface area contributed by atoms with Crippen LogP contribution in [0.1, 0.15) is 69.4 Å². The molecule has 1 unspecified atom stereocenters. The predicted molar refractivity (Wildman–Crippen MR) is 201 cm³/mol. The van der Waals surface area contributed by atoms with Gasteiger partial charge in [-0.2, -0.15) is 0 Å². The van der Waals surface area contributed by atoms with Gasteiger partial charge in [0.05, 0.1) is 41.0 Å². The number of amides is 1. The van der Waals surface area contributed by atoms with Gasteiger partial charge in [-0.25, -0.2) is 19.2 Å². The molecular formula is C37H40BrCl2FN4O6. The number of anilines is 2. The summed E-state index contributed by atoms with van der Waals surface area (Å²) in [6.45, 7) is 7.00. The van der Waals surface area contributed by atoms with Gasteiger partial charge in [0.1, 0.15) is 26.8 Å². The van der Waals surface area contributed by atoms with E-state index in [1.807, 2.05) is 0 Å². The monoisotopic (exact) mass is 804 g/mol. The third kappa shape index (κ3) is 11.5. The summed E-state index contributed by atoms with van der Waals surface area (Å²) >= 11 is 14.8. The van der Waals surface area contributed by atoms with E-state index >= 15 is 0 Å². The molecule has 1 fully saturated rings. The molecule has 10 nitrogen and oxygen atoms in total. The highest BCUT2D eigenvalue weighted by atomic mass is 79.9. The smallest absolute Gasteiger partial charge is 0.412 e. The normalized spacial score (nSPS) is 13.6. The average molecular weight is 807 g/mol. The summed E-state index contributed by atoms with van der Waals surface area (Å²) in [6.07, 6.45) is 2.00. The minimum atomic E-state index is -1.38. The van der Waals surface area contributed by atoms with Crippen molar-refractivity contribution in [2.24, 2.45) is 0 Å². The summed E-state index contributed by atoms with van der Waals surface area (Å²) in [5.41, 5.74) is 1.31. The number of pyridine rings is 2. The SMILES string of the molecule is CC(C)(C)OC(=O)Nc1ccc(Cl)nc1Br.CNc1ccc(C(C)(O)CCC(=O)c2ccc(OC3CC3)c(OC)c2)nc1-c1ccc(F)c(Cl)c1. The fraction of sp³-hybridized carbons (Fsp3) is 0.351. The fourth-order valence-corrected chi connectivity index (χ4v) is 5.53. The quantitative estimate of drug-likeness (QED) is 0.100. The lowest BCUT2D eigenvalue weighted by Crippen LogP contribution is -2.27. The van der Waals surface area contributed by atoms with Crippen LogP contribution in [0.4, 0.5) is 20.6 Å². The standard InChI is InChI=1S/C27H28ClFN2O4.C10H12BrClN2O2/c1-27(33,13-12-22(32)16-5-10-23(24(15-16)34-3)35-18-6-7-18)25-11-9-21(30-2)26(31-25)17-4-8-20(29)19(28)14-17;1-10(2,3)16-9(15)13-6-4-5-7(12)14-8(6)11/h4-5,8-11,14-15,18,30,33H,6-7,12-13H2,1-3H3;4-5H,1-3H3,(H,13,15). The number of halogens is 4. The number of nitrogens with one attached hydrogen (secondary N) is 2. The third-order valence-electron chi connectivity index (χ3n) is 7.50. The molecule has 0 saturated heterocycles. The summed E-state index contributed by atoms with van der Waals surface area (Å²) in [7, 11) is 3.29. The van der Waals surface area contributed by atoms with Crippen molar-refractivity contribution in [1.29, 1.82) is 0 Å². The van der Waals surface area contributed by atoms with Gasteiger partial charge in [0.15, 0.2) is 17.3 Å². The van der Waals surface area contributed by atoms with Gasteiger partial charge < -0.3 is 24.6 Å². The molecule has 4 aromatic rings. The summed E-state index contributed by atoms with van der Waals surface area (Å²) < 4.78 is 30.4. The molecule has 14 heteroatoms. The van der Waals surface area contributed by atoms with Crippen molar-refractivity contribution in [2.45, 2.75) is 70.7 Å². The molecule has 0 spiro atoms. The first kappa shape index (κ1) is 39.8. The first-order chi connectivity index (χ1) is 24.0. The molecule has 3 N–H and O–H groups in total. The molecule has 272 valence electrons. The first-order valence-electron chi connectivity index (χ1n) is 16.1. The molecule has 1 amide bonds. The third-order valence-corrected chi connectivity index (χ3v) is 8.61. The molecule has 1 atom stereocenters. The number of nitrogens with zero attached hydrogens (tertiary/aromatic N) is 2. The van der Waals surface area contributed by atoms with E-state index in [0.717, 1.165) is 12.8 Å². The Labute approximate surface area is 315 Å². The van der Waals surface area contributed by atoms with Crippen molar-refractivity contribution in [2.75, 3.05) is 24.8 Å². The molecule has 2 aromatic heterocycles. The molecule has 1 aliphatic rings. The Morgan fingerprint density at radius 1 is 0.980 bits per heavy atom. The average Bonchev–Trinajstić information content (AvgIpc) is 3.89. The molecule has 0 bridgehead atoms. The lowest BCUT2D eigenvalue weighted by atomic mass is 9.92. The summed E-state index contributed by atoms with van der Waals surface area (Å²) in [4.78, 5) is 32.9. The molecule has 1 aliphatic carbocycles. The number of ketones is 1. The maximum Gasteiger partial charge on any atom is 0.412 e. The number of Topliss-reactive ketones (excluding diaryl/α,β-unsaturated/α-hetero) is 1. The van der Waals surface area contributed by atoms with Crippen LogP contribution < -0.4 is 20.1 Å². The molecule has 2 aromatic carbocycles. The van der Waals surface area contributed by atoms with Crippen LogP contribution in [0.3, 0.4) is 0 Å². The summed E-state index contributed by atoms with van der Waals surface area (Å²) in [6, 6.07) is 16.2. The number of hydrogen-bond acceptors (Lipinski definition) is 9. The highest BCUT2D eigenvalue weighted by Crippen LogP contribution is 2.36. The molecule has 1 saturated carbocycles. The van der Waals surface area contributed by atoms with Gasteiger partial charge in [0.2, 0.25) is 0 Å². The van der Waals surface area contributed by atoms with Gasteiger partial charge in [-0.05, 0) is 124 Å². The number of carbonyl (C=O) groups excluding carboxylic acids is 2. The Hall–Kier alpha value is -3.97. The van der Waals surface area contributed by atoms with E-state index < -0.39 is 23.1 Å². The fourth-order valence-electron chi connectivity index (χ4n) is 4.68. The second-order valence-corrected chi connectivity index (χ2v) is 14.5. The Kier molecular flexibility index (Phi) is 13.3. The lowest BCUT2D eigenvalue weighted by molar-refractivity contribution is 0.0398. The van der Waals surface area contributed by atoms with Gasteiger partial charge >= 0.3 is 6.09 Å². The van der Waals surface area contributed by atoms with Crippen LogP contribution in [0, 0.1) is 5.82 Å². The van der Waals surface area contributed by atoms with Crippen LogP contribution in [0.5, 0.6) is 11.5 Å². The van der Waals surface area contributed by atoms with Crippen molar-refractivity contribution < 1.29 is 33.3 Å². The van der Waals surface area contributed by atoms with Crippen LogP contribution in [-0.4, -0.2) is 52.8 Å². The molecule has 5 rings (SSSR count). The number of aromatic nitrogens is 2. The van der Waals surface area contributed by atoms with E-state index in [2.05, 4.69) is 36.5 Å². The Morgan fingerprint density at radius 3 is 2.29 bits per heavy atom. The van der Waals surface area contributed by atoms with Crippen LogP contribution in [0.2, 0.25) is 10.2 Å². The predicted octanol–water partition coefficient (Wildman–Crippen LogP) is 9.85. The van der Waals surface area contributed by atoms with E-state index in [1.165, 1.54) is 12.1 Å². The zero-order chi connectivity index (χ0) is 37.5. The number of benzene rings is 2. The number of ether oxygens (including phenoxy) is 3. The van der Waals surface area contributed by atoms with Gasteiger partial charge in [0.25, 0.3) is 0 Å². The minimum Gasteiger partial charge on any atom is -0.493 e. The highest BCUT2D eigenvalue weighted by Gasteiger charge is 2.28. The molecular weight excluding hydrogens is 766 g/mol.